The van der Waals surface area contributed by atoms with E-state index in [-0.39, 0.29) is 5.02 Å². The second-order valence-corrected chi connectivity index (χ2v) is 5.03. The number of ether oxygens (including phenoxy) is 1. The highest BCUT2D eigenvalue weighted by molar-refractivity contribution is 6.31. The zero-order valence-corrected chi connectivity index (χ0v) is 12.5. The maximum Gasteiger partial charge on any atom is 0.266 e. The number of nitrogens with zero attached hydrogens (tertiary/aromatic N) is 1. The molecular formula is C14H11Cl2FN2O2. The van der Waals surface area contributed by atoms with E-state index in [1.54, 1.807) is 19.1 Å². The van der Waals surface area contributed by atoms with Crippen molar-refractivity contribution in [2.45, 2.75) is 13.0 Å². The van der Waals surface area contributed by atoms with Crippen LogP contribution >= 0.6 is 23.2 Å². The van der Waals surface area contributed by atoms with Crippen LogP contribution in [0.4, 0.5) is 10.2 Å². The second kappa shape index (κ2) is 6.74. The summed E-state index contributed by atoms with van der Waals surface area (Å²) in [5, 5.41) is 2.98. The zero-order chi connectivity index (χ0) is 15.4. The molecule has 0 fully saturated rings. The molecule has 0 unspecified atom stereocenters. The first-order valence-corrected chi connectivity index (χ1v) is 6.75. The summed E-state index contributed by atoms with van der Waals surface area (Å²) in [4.78, 5) is 15.9. The number of benzene rings is 1. The molecule has 2 aromatic rings. The van der Waals surface area contributed by atoms with E-state index in [9.17, 15) is 9.18 Å². The highest BCUT2D eigenvalue weighted by Crippen LogP contribution is 2.22. The van der Waals surface area contributed by atoms with E-state index < -0.39 is 17.8 Å². The fraction of sp³-hybridized carbons (Fsp3) is 0.143. The van der Waals surface area contributed by atoms with Crippen molar-refractivity contribution >= 4 is 34.9 Å². The maximum atomic E-state index is 13.0. The lowest BCUT2D eigenvalue weighted by Gasteiger charge is -2.14. The summed E-state index contributed by atoms with van der Waals surface area (Å²) in [5.74, 6) is -0.290. The quantitative estimate of drug-likeness (QED) is 0.924. The van der Waals surface area contributed by atoms with Gasteiger partial charge in [-0.3, -0.25) is 4.79 Å². The smallest absolute Gasteiger partial charge is 0.266 e. The molecule has 0 aliphatic heterocycles. The van der Waals surface area contributed by atoms with Crippen LogP contribution in [-0.4, -0.2) is 17.0 Å². The Morgan fingerprint density at radius 1 is 1.33 bits per heavy atom. The van der Waals surface area contributed by atoms with Crippen molar-refractivity contribution in [2.24, 2.45) is 0 Å². The van der Waals surface area contributed by atoms with Gasteiger partial charge < -0.3 is 10.1 Å². The van der Waals surface area contributed by atoms with Crippen molar-refractivity contribution in [3.8, 4) is 5.75 Å². The number of halogens is 3. The average Bonchev–Trinajstić information content (AvgIpc) is 2.45. The zero-order valence-electron chi connectivity index (χ0n) is 10.9. The maximum absolute atomic E-state index is 13.0. The second-order valence-electron chi connectivity index (χ2n) is 4.19. The average molecular weight is 329 g/mol. The molecule has 21 heavy (non-hydrogen) atoms. The Labute approximate surface area is 130 Å². The largest absolute Gasteiger partial charge is 0.481 e. The van der Waals surface area contributed by atoms with Crippen LogP contribution in [0.1, 0.15) is 6.92 Å². The van der Waals surface area contributed by atoms with E-state index in [4.69, 9.17) is 27.9 Å². The number of nitrogens with one attached hydrogen (secondary N) is 1. The van der Waals surface area contributed by atoms with Gasteiger partial charge in [-0.1, -0.05) is 23.2 Å². The predicted octanol–water partition coefficient (Wildman–Crippen LogP) is 3.93. The number of amides is 1. The molecule has 0 aliphatic rings. The molecule has 1 heterocycles. The molecule has 0 bridgehead atoms. The molecular weight excluding hydrogens is 318 g/mol. The minimum absolute atomic E-state index is 0.0699. The van der Waals surface area contributed by atoms with Crippen molar-refractivity contribution in [2.75, 3.05) is 5.32 Å². The molecule has 1 atom stereocenters. The number of carbonyl (C=O) groups excluding carboxylic acids is 1. The van der Waals surface area contributed by atoms with Gasteiger partial charge in [-0.15, -0.1) is 0 Å². The number of pyridine rings is 1. The first kappa shape index (κ1) is 15.5. The molecule has 110 valence electrons. The fourth-order valence-corrected chi connectivity index (χ4v) is 1.77. The van der Waals surface area contributed by atoms with E-state index in [1.807, 2.05) is 0 Å². The van der Waals surface area contributed by atoms with Crippen molar-refractivity contribution in [1.82, 2.24) is 4.98 Å². The van der Waals surface area contributed by atoms with Gasteiger partial charge in [0.25, 0.3) is 5.91 Å². The molecule has 1 aromatic carbocycles. The molecule has 4 nitrogen and oxygen atoms in total. The lowest BCUT2D eigenvalue weighted by Crippen LogP contribution is -2.30. The van der Waals surface area contributed by atoms with E-state index in [0.717, 1.165) is 0 Å². The van der Waals surface area contributed by atoms with Crippen LogP contribution in [0.3, 0.4) is 0 Å². The molecule has 2 rings (SSSR count). The normalized spacial score (nSPS) is 11.8. The number of hydrogen-bond donors (Lipinski definition) is 1. The minimum atomic E-state index is -0.802. The Hall–Kier alpha value is -1.85. The molecule has 7 heteroatoms. The lowest BCUT2D eigenvalue weighted by atomic mass is 10.3. The van der Waals surface area contributed by atoms with Crippen molar-refractivity contribution in [3.05, 3.63) is 52.4 Å². The van der Waals surface area contributed by atoms with Crippen LogP contribution in [0.25, 0.3) is 0 Å². The monoisotopic (exact) mass is 328 g/mol. The molecule has 0 radical (unpaired) electrons. The Morgan fingerprint density at radius 2 is 2.10 bits per heavy atom. The van der Waals surface area contributed by atoms with Gasteiger partial charge in [-0.25, -0.2) is 9.37 Å². The topological polar surface area (TPSA) is 51.2 Å². The Balaban J connectivity index is 1.98. The molecule has 0 spiro atoms. The number of carbonyl (C=O) groups is 1. The van der Waals surface area contributed by atoms with Crippen LogP contribution in [0.5, 0.6) is 5.75 Å². The molecule has 1 amide bonds. The van der Waals surface area contributed by atoms with Gasteiger partial charge in [0.15, 0.2) is 6.10 Å². The van der Waals surface area contributed by atoms with E-state index in [0.29, 0.717) is 16.6 Å². The van der Waals surface area contributed by atoms with Gasteiger partial charge in [0.2, 0.25) is 0 Å². The fourth-order valence-electron chi connectivity index (χ4n) is 1.49. The molecule has 1 aromatic heterocycles. The van der Waals surface area contributed by atoms with Crippen LogP contribution < -0.4 is 10.1 Å². The third kappa shape index (κ3) is 4.31. The molecule has 0 aliphatic carbocycles. The number of hydrogen-bond acceptors (Lipinski definition) is 3. The highest BCUT2D eigenvalue weighted by atomic mass is 35.5. The van der Waals surface area contributed by atoms with Gasteiger partial charge in [-0.05, 0) is 31.2 Å². The van der Waals surface area contributed by atoms with E-state index in [1.165, 1.54) is 24.4 Å². The molecule has 0 saturated heterocycles. The summed E-state index contributed by atoms with van der Waals surface area (Å²) in [6, 6.07) is 7.05. The van der Waals surface area contributed by atoms with Gasteiger partial charge in [0.05, 0.1) is 10.0 Å². The summed E-state index contributed by atoms with van der Waals surface area (Å²) in [7, 11) is 0. The third-order valence-corrected chi connectivity index (χ3v) is 3.07. The summed E-state index contributed by atoms with van der Waals surface area (Å²) in [5.41, 5.74) is 0. The SMILES string of the molecule is C[C@H](Oc1ccc(F)c(Cl)c1)C(=O)Nc1ccc(Cl)cn1. The number of aromatic nitrogens is 1. The summed E-state index contributed by atoms with van der Waals surface area (Å²) in [6.45, 7) is 1.56. The van der Waals surface area contributed by atoms with Crippen LogP contribution in [0.15, 0.2) is 36.5 Å². The summed E-state index contributed by atoms with van der Waals surface area (Å²) in [6.07, 6.45) is 0.617. The van der Waals surface area contributed by atoms with Gasteiger partial charge in [0.1, 0.15) is 17.4 Å². The first-order valence-electron chi connectivity index (χ1n) is 6.00. The summed E-state index contributed by atoms with van der Waals surface area (Å²) >= 11 is 11.3. The Bertz CT molecular complexity index is 650. The Morgan fingerprint density at radius 3 is 2.71 bits per heavy atom. The number of anilines is 1. The molecule has 0 saturated carbocycles. The molecule has 1 N–H and O–H groups in total. The van der Waals surface area contributed by atoms with Crippen LogP contribution in [0, 0.1) is 5.82 Å². The van der Waals surface area contributed by atoms with Crippen molar-refractivity contribution < 1.29 is 13.9 Å². The van der Waals surface area contributed by atoms with Crippen molar-refractivity contribution in [1.29, 1.82) is 0 Å². The van der Waals surface area contributed by atoms with Crippen LogP contribution in [0.2, 0.25) is 10.0 Å². The van der Waals surface area contributed by atoms with E-state index >= 15 is 0 Å². The predicted molar refractivity (Wildman–Crippen MR) is 79.4 cm³/mol. The van der Waals surface area contributed by atoms with Gasteiger partial charge in [-0.2, -0.15) is 0 Å². The van der Waals surface area contributed by atoms with Crippen molar-refractivity contribution in [3.63, 3.8) is 0 Å². The van der Waals surface area contributed by atoms with Gasteiger partial charge >= 0.3 is 0 Å². The van der Waals surface area contributed by atoms with Crippen LogP contribution in [-0.2, 0) is 4.79 Å². The summed E-state index contributed by atoms with van der Waals surface area (Å²) < 4.78 is 18.4. The number of rotatable bonds is 4. The first-order chi connectivity index (χ1) is 9.95. The van der Waals surface area contributed by atoms with E-state index in [2.05, 4.69) is 10.3 Å². The third-order valence-electron chi connectivity index (χ3n) is 2.55. The standard InChI is InChI=1S/C14H11Cl2FN2O2/c1-8(21-10-3-4-12(17)11(16)6-10)14(20)19-13-5-2-9(15)7-18-13/h2-8H,1H3,(H,18,19,20)/t8-/m0/s1. The lowest BCUT2D eigenvalue weighted by molar-refractivity contribution is -0.122. The highest BCUT2D eigenvalue weighted by Gasteiger charge is 2.16. The minimum Gasteiger partial charge on any atom is -0.481 e. The van der Waals surface area contributed by atoms with Gasteiger partial charge in [0, 0.05) is 12.3 Å². The Kier molecular flexibility index (Phi) is 4.98.